The summed E-state index contributed by atoms with van der Waals surface area (Å²) in [5, 5.41) is 5.13. The molecule has 6 nitrogen and oxygen atoms in total. The molecule has 114 valence electrons. The maximum atomic E-state index is 12.3. The number of carbonyl (C=O) groups excluding carboxylic acids is 1. The number of ketones is 1. The van der Waals surface area contributed by atoms with Crippen LogP contribution in [0, 0.1) is 0 Å². The number of nitrogens with two attached hydrogens (primary N) is 1. The average Bonchev–Trinajstić information content (AvgIpc) is 2.39. The van der Waals surface area contributed by atoms with Gasteiger partial charge in [-0.2, -0.15) is 12.7 Å². The van der Waals surface area contributed by atoms with Gasteiger partial charge >= 0.3 is 0 Å². The summed E-state index contributed by atoms with van der Waals surface area (Å²) >= 11 is 3.34. The average molecular weight is 375 g/mol. The number of fused-ring (bicyclic) bond motifs is 1. The molecule has 0 amide bonds. The van der Waals surface area contributed by atoms with Gasteiger partial charge < -0.3 is 4.74 Å². The predicted octanol–water partition coefficient (Wildman–Crippen LogP) is 1.45. The van der Waals surface area contributed by atoms with Gasteiger partial charge in [-0.05, 0) is 18.2 Å². The van der Waals surface area contributed by atoms with Crippen LogP contribution in [0.4, 0.5) is 0 Å². The smallest absolute Gasteiger partial charge is 0.276 e. The van der Waals surface area contributed by atoms with Crippen LogP contribution >= 0.6 is 15.9 Å². The van der Waals surface area contributed by atoms with Crippen molar-refractivity contribution in [2.75, 3.05) is 13.1 Å². The van der Waals surface area contributed by atoms with Crippen molar-refractivity contribution in [3.63, 3.8) is 0 Å². The highest BCUT2D eigenvalue weighted by atomic mass is 79.9. The van der Waals surface area contributed by atoms with Crippen molar-refractivity contribution < 1.29 is 17.9 Å². The Morgan fingerprint density at radius 1 is 1.29 bits per heavy atom. The molecule has 0 unspecified atom stereocenters. The number of rotatable bonds is 1. The Morgan fingerprint density at radius 2 is 1.95 bits per heavy atom. The first kappa shape index (κ1) is 15.0. The Labute approximate surface area is 131 Å². The van der Waals surface area contributed by atoms with E-state index in [-0.39, 0.29) is 25.3 Å². The van der Waals surface area contributed by atoms with Crippen LogP contribution in [0.5, 0.6) is 5.75 Å². The van der Waals surface area contributed by atoms with Crippen LogP contribution in [0.1, 0.15) is 29.6 Å². The summed E-state index contributed by atoms with van der Waals surface area (Å²) in [6, 6.07) is 5.35. The molecule has 2 aliphatic rings. The van der Waals surface area contributed by atoms with E-state index in [9.17, 15) is 13.2 Å². The molecule has 1 saturated heterocycles. The number of ether oxygens (including phenoxy) is 1. The Morgan fingerprint density at radius 3 is 2.57 bits per heavy atom. The molecular formula is C13H15BrN2O4S. The number of Topliss-reactive ketones (excluding diaryl/α,β-unsaturated/α-hetero) is 1. The summed E-state index contributed by atoms with van der Waals surface area (Å²) in [5.74, 6) is 0.597. The fraction of sp³-hybridized carbons (Fsp3) is 0.462. The molecule has 1 aromatic rings. The van der Waals surface area contributed by atoms with Crippen molar-refractivity contribution in [1.82, 2.24) is 4.31 Å². The van der Waals surface area contributed by atoms with E-state index in [0.29, 0.717) is 24.2 Å². The second-order valence-electron chi connectivity index (χ2n) is 5.47. The number of carbonyl (C=O) groups is 1. The van der Waals surface area contributed by atoms with Crippen LogP contribution in [0.2, 0.25) is 0 Å². The highest BCUT2D eigenvalue weighted by molar-refractivity contribution is 9.10. The number of nitrogens with zero attached hydrogens (tertiary/aromatic N) is 1. The van der Waals surface area contributed by atoms with Gasteiger partial charge in [0, 0.05) is 30.4 Å². The van der Waals surface area contributed by atoms with Gasteiger partial charge in [0.1, 0.15) is 11.4 Å². The predicted molar refractivity (Wildman–Crippen MR) is 80.4 cm³/mol. The lowest BCUT2D eigenvalue weighted by atomic mass is 9.83. The zero-order chi connectivity index (χ0) is 15.3. The van der Waals surface area contributed by atoms with Gasteiger partial charge in [0.15, 0.2) is 5.78 Å². The van der Waals surface area contributed by atoms with Crippen molar-refractivity contribution in [3.8, 4) is 5.75 Å². The summed E-state index contributed by atoms with van der Waals surface area (Å²) in [6.45, 7) is 0.552. The van der Waals surface area contributed by atoms with E-state index in [0.717, 1.165) is 4.47 Å². The lowest BCUT2D eigenvalue weighted by molar-refractivity contribution is 0.00591. The van der Waals surface area contributed by atoms with E-state index in [1.807, 2.05) is 6.07 Å². The van der Waals surface area contributed by atoms with Gasteiger partial charge in [0.05, 0.1) is 12.0 Å². The van der Waals surface area contributed by atoms with E-state index in [4.69, 9.17) is 9.88 Å². The van der Waals surface area contributed by atoms with Crippen LogP contribution < -0.4 is 9.88 Å². The maximum Gasteiger partial charge on any atom is 0.276 e. The van der Waals surface area contributed by atoms with Gasteiger partial charge in [0.2, 0.25) is 0 Å². The topological polar surface area (TPSA) is 89.7 Å². The third kappa shape index (κ3) is 2.85. The highest BCUT2D eigenvalue weighted by Gasteiger charge is 2.44. The molecule has 1 fully saturated rings. The zero-order valence-corrected chi connectivity index (χ0v) is 13.6. The Hall–Kier alpha value is -0.960. The second kappa shape index (κ2) is 5.05. The fourth-order valence-electron chi connectivity index (χ4n) is 2.89. The summed E-state index contributed by atoms with van der Waals surface area (Å²) in [5.41, 5.74) is -0.0390. The van der Waals surface area contributed by atoms with Crippen molar-refractivity contribution >= 4 is 31.9 Å². The lowest BCUT2D eigenvalue weighted by Crippen LogP contribution is -2.53. The van der Waals surface area contributed by atoms with E-state index >= 15 is 0 Å². The number of piperidine rings is 1. The summed E-state index contributed by atoms with van der Waals surface area (Å²) < 4.78 is 30.8. The largest absolute Gasteiger partial charge is 0.486 e. The van der Waals surface area contributed by atoms with Gasteiger partial charge in [-0.3, -0.25) is 4.79 Å². The summed E-state index contributed by atoms with van der Waals surface area (Å²) in [7, 11) is -3.67. The van der Waals surface area contributed by atoms with Crippen molar-refractivity contribution in [2.24, 2.45) is 5.14 Å². The number of benzene rings is 1. The highest BCUT2D eigenvalue weighted by Crippen LogP contribution is 2.40. The SMILES string of the molecule is NS(=O)(=O)N1CCC2(CC1)CC(=O)c1cc(Br)ccc1O2. The normalized spacial score (nSPS) is 21.9. The molecule has 1 spiro atoms. The van der Waals surface area contributed by atoms with Gasteiger partial charge in [-0.1, -0.05) is 15.9 Å². The minimum absolute atomic E-state index is 0.0293. The maximum absolute atomic E-state index is 12.3. The number of hydrogen-bond acceptors (Lipinski definition) is 4. The molecule has 21 heavy (non-hydrogen) atoms. The minimum Gasteiger partial charge on any atom is -0.486 e. The molecule has 1 aromatic carbocycles. The molecule has 0 saturated carbocycles. The first-order chi connectivity index (χ1) is 9.79. The summed E-state index contributed by atoms with van der Waals surface area (Å²) in [6.07, 6.45) is 1.20. The van der Waals surface area contributed by atoms with E-state index in [2.05, 4.69) is 15.9 Å². The van der Waals surface area contributed by atoms with Crippen LogP contribution in [-0.2, 0) is 10.2 Å². The van der Waals surface area contributed by atoms with Crippen LogP contribution in [0.25, 0.3) is 0 Å². The zero-order valence-electron chi connectivity index (χ0n) is 11.2. The van der Waals surface area contributed by atoms with Crippen LogP contribution in [0.15, 0.2) is 22.7 Å². The molecule has 0 aromatic heterocycles. The molecule has 3 rings (SSSR count). The lowest BCUT2D eigenvalue weighted by Gasteiger charge is -2.43. The molecule has 2 aliphatic heterocycles. The Bertz CT molecular complexity index is 696. The second-order valence-corrected chi connectivity index (χ2v) is 7.93. The molecule has 0 atom stereocenters. The molecular weight excluding hydrogens is 360 g/mol. The quantitative estimate of drug-likeness (QED) is 0.805. The first-order valence-electron chi connectivity index (χ1n) is 6.59. The minimum atomic E-state index is -3.67. The van der Waals surface area contributed by atoms with E-state index in [1.165, 1.54) is 4.31 Å². The van der Waals surface area contributed by atoms with Crippen molar-refractivity contribution in [1.29, 1.82) is 0 Å². The Kier molecular flexibility index (Phi) is 3.59. The molecule has 0 aliphatic carbocycles. The van der Waals surface area contributed by atoms with Crippen molar-refractivity contribution in [2.45, 2.75) is 24.9 Å². The molecule has 2 heterocycles. The standard InChI is InChI=1S/C13H15BrN2O4S/c14-9-1-2-12-10(7-9)11(17)8-13(20-12)3-5-16(6-4-13)21(15,18)19/h1-2,7H,3-6,8H2,(H2,15,18,19). The number of halogens is 1. The van der Waals surface area contributed by atoms with Gasteiger partial charge in [-0.15, -0.1) is 0 Å². The van der Waals surface area contributed by atoms with Gasteiger partial charge in [0.25, 0.3) is 10.2 Å². The van der Waals surface area contributed by atoms with Gasteiger partial charge in [-0.25, -0.2) is 5.14 Å². The molecule has 0 radical (unpaired) electrons. The third-order valence-corrected chi connectivity index (χ3v) is 5.62. The van der Waals surface area contributed by atoms with Crippen LogP contribution in [0.3, 0.4) is 0 Å². The molecule has 2 N–H and O–H groups in total. The Balaban J connectivity index is 1.84. The van der Waals surface area contributed by atoms with E-state index in [1.54, 1.807) is 12.1 Å². The van der Waals surface area contributed by atoms with E-state index < -0.39 is 15.8 Å². The molecule has 0 bridgehead atoms. The number of hydrogen-bond donors (Lipinski definition) is 1. The van der Waals surface area contributed by atoms with Crippen molar-refractivity contribution in [3.05, 3.63) is 28.2 Å². The molecule has 8 heteroatoms. The monoisotopic (exact) mass is 374 g/mol. The third-order valence-electron chi connectivity index (χ3n) is 4.04. The summed E-state index contributed by atoms with van der Waals surface area (Å²) in [4.78, 5) is 12.3. The van der Waals surface area contributed by atoms with Crippen LogP contribution in [-0.4, -0.2) is 37.2 Å². The first-order valence-corrected chi connectivity index (χ1v) is 8.88. The fourth-order valence-corrected chi connectivity index (χ4v) is 3.95.